The van der Waals surface area contributed by atoms with E-state index in [2.05, 4.69) is 0 Å². The van der Waals surface area contributed by atoms with Gasteiger partial charge in [-0.05, 0) is 62.5 Å². The molecule has 1 N–H and O–H groups in total. The van der Waals surface area contributed by atoms with Crippen LogP contribution in [0, 0.1) is 28.6 Å². The largest absolute Gasteiger partial charge is 0.457 e. The average Bonchev–Trinajstić information content (AvgIpc) is 3.09. The molecule has 0 radical (unpaired) electrons. The van der Waals surface area contributed by atoms with Crippen LogP contribution in [0.1, 0.15) is 92.4 Å². The Morgan fingerprint density at radius 2 is 1.82 bits per heavy atom. The van der Waals surface area contributed by atoms with Crippen molar-refractivity contribution in [2.45, 2.75) is 109 Å². The van der Waals surface area contributed by atoms with Crippen molar-refractivity contribution in [2.75, 3.05) is 6.61 Å². The maximum Gasteiger partial charge on any atom is 0.306 e. The number of rotatable bonds is 9. The molecule has 0 aromatic carbocycles. The lowest BCUT2D eigenvalue weighted by Crippen LogP contribution is -2.69. The third-order valence-electron chi connectivity index (χ3n) is 10.4. The summed E-state index contributed by atoms with van der Waals surface area (Å²) in [5.74, 6) is -2.12. The van der Waals surface area contributed by atoms with Crippen LogP contribution in [0.2, 0.25) is 0 Å². The van der Waals surface area contributed by atoms with Crippen molar-refractivity contribution in [1.29, 1.82) is 0 Å². The van der Waals surface area contributed by atoms with E-state index < -0.39 is 51.7 Å². The first-order valence-corrected chi connectivity index (χ1v) is 14.9. The molecule has 4 aliphatic rings. The molecule has 7 nitrogen and oxygen atoms in total. The molecule has 0 bridgehead atoms. The lowest BCUT2D eigenvalue weighted by molar-refractivity contribution is -0.203. The Morgan fingerprint density at radius 3 is 2.49 bits per heavy atom. The van der Waals surface area contributed by atoms with Gasteiger partial charge in [0.05, 0.1) is 11.0 Å². The highest BCUT2D eigenvalue weighted by Gasteiger charge is 2.76. The van der Waals surface area contributed by atoms with Crippen LogP contribution in [0.25, 0.3) is 0 Å². The van der Waals surface area contributed by atoms with Crippen molar-refractivity contribution in [2.24, 2.45) is 28.6 Å². The number of Topliss-reactive ketones (excluding diaryl/α,β-unsaturated/α-hetero) is 1. The highest BCUT2D eigenvalue weighted by Crippen LogP contribution is 2.72. The van der Waals surface area contributed by atoms with E-state index in [0.29, 0.717) is 32.1 Å². The Morgan fingerprint density at radius 1 is 1.10 bits per heavy atom. The van der Waals surface area contributed by atoms with Gasteiger partial charge in [0.25, 0.3) is 0 Å². The highest BCUT2D eigenvalue weighted by molar-refractivity contribution is 6.26. The van der Waals surface area contributed by atoms with Gasteiger partial charge in [-0.2, -0.15) is 0 Å². The van der Waals surface area contributed by atoms with E-state index in [0.717, 1.165) is 12.0 Å². The highest BCUT2D eigenvalue weighted by atomic mass is 35.5. The van der Waals surface area contributed by atoms with Gasteiger partial charge in [-0.1, -0.05) is 52.7 Å². The molecule has 0 spiro atoms. The minimum Gasteiger partial charge on any atom is -0.457 e. The molecule has 216 valence electrons. The van der Waals surface area contributed by atoms with Crippen LogP contribution in [0.5, 0.6) is 0 Å². The summed E-state index contributed by atoms with van der Waals surface area (Å²) < 4.78 is 11.6. The van der Waals surface area contributed by atoms with Crippen LogP contribution in [0.15, 0.2) is 23.8 Å². The Hall–Kier alpha value is -1.99. The third kappa shape index (κ3) is 4.43. The number of carbonyl (C=O) groups is 4. The van der Waals surface area contributed by atoms with Gasteiger partial charge in [0.1, 0.15) is 0 Å². The second kappa shape index (κ2) is 10.8. The minimum atomic E-state index is -1.55. The van der Waals surface area contributed by atoms with Crippen molar-refractivity contribution in [3.8, 4) is 0 Å². The molecule has 0 aliphatic heterocycles. The first-order chi connectivity index (χ1) is 18.3. The zero-order chi connectivity index (χ0) is 28.8. The zero-order valence-corrected chi connectivity index (χ0v) is 24.6. The second-order valence-electron chi connectivity index (χ2n) is 12.5. The molecule has 0 saturated heterocycles. The van der Waals surface area contributed by atoms with Crippen molar-refractivity contribution >= 4 is 35.1 Å². The molecule has 8 atom stereocenters. The van der Waals surface area contributed by atoms with Crippen molar-refractivity contribution < 1.29 is 33.8 Å². The van der Waals surface area contributed by atoms with E-state index in [9.17, 15) is 24.3 Å². The van der Waals surface area contributed by atoms with Crippen LogP contribution in [-0.4, -0.2) is 51.8 Å². The molecule has 8 heteroatoms. The number of hydrogen-bond donors (Lipinski definition) is 1. The summed E-state index contributed by atoms with van der Waals surface area (Å²) in [6.45, 7) is 9.20. The number of aliphatic hydroxyl groups excluding tert-OH is 1. The number of fused-ring (bicyclic) bond motifs is 5. The molecule has 3 saturated carbocycles. The maximum absolute atomic E-state index is 14.1. The summed E-state index contributed by atoms with van der Waals surface area (Å²) in [6.07, 6.45) is 8.45. The first kappa shape index (κ1) is 30.0. The van der Waals surface area contributed by atoms with Crippen LogP contribution in [-0.2, 0) is 28.7 Å². The molecular weight excluding hydrogens is 520 g/mol. The molecule has 4 rings (SSSR count). The lowest BCUT2D eigenvalue weighted by Gasteiger charge is -2.64. The van der Waals surface area contributed by atoms with Crippen LogP contribution in [0.4, 0.5) is 0 Å². The van der Waals surface area contributed by atoms with E-state index in [1.165, 1.54) is 6.08 Å². The van der Waals surface area contributed by atoms with Crippen molar-refractivity contribution in [3.05, 3.63) is 23.8 Å². The number of esters is 2. The fraction of sp³-hybridized carbons (Fsp3) is 0.742. The number of unbranched alkanes of at least 4 members (excludes halogenated alkanes) is 1. The quantitative estimate of drug-likeness (QED) is 0.302. The summed E-state index contributed by atoms with van der Waals surface area (Å²) in [4.78, 5) is 50.5. The number of ether oxygens (including phenoxy) is 2. The smallest absolute Gasteiger partial charge is 0.306 e. The summed E-state index contributed by atoms with van der Waals surface area (Å²) in [7, 11) is 0. The molecular formula is C31H43ClO7. The normalized spacial score (nSPS) is 40.7. The third-order valence-corrected chi connectivity index (χ3v) is 11.3. The fourth-order valence-electron chi connectivity index (χ4n) is 8.48. The Labute approximate surface area is 236 Å². The van der Waals surface area contributed by atoms with Crippen LogP contribution >= 0.6 is 11.6 Å². The van der Waals surface area contributed by atoms with Gasteiger partial charge in [-0.3, -0.25) is 19.2 Å². The second-order valence-corrected chi connectivity index (χ2v) is 13.2. The van der Waals surface area contributed by atoms with E-state index in [4.69, 9.17) is 21.1 Å². The zero-order valence-electron chi connectivity index (χ0n) is 23.9. The average molecular weight is 563 g/mol. The summed E-state index contributed by atoms with van der Waals surface area (Å²) >= 11 is 7.53. The van der Waals surface area contributed by atoms with Gasteiger partial charge in [0, 0.05) is 29.6 Å². The Kier molecular flexibility index (Phi) is 8.28. The molecule has 0 aromatic rings. The number of aliphatic hydroxyl groups is 1. The number of allylic oxidation sites excluding steroid dienone is 4. The van der Waals surface area contributed by atoms with E-state index in [1.807, 2.05) is 40.7 Å². The molecule has 0 heterocycles. The summed E-state index contributed by atoms with van der Waals surface area (Å²) in [5, 5.41) is 11.9. The predicted octanol–water partition coefficient (Wildman–Crippen LogP) is 5.26. The Balaban J connectivity index is 1.74. The van der Waals surface area contributed by atoms with Gasteiger partial charge in [0.15, 0.2) is 18.0 Å². The Bertz CT molecular complexity index is 1100. The SMILES string of the molecule is CCCCC(=O)OCC(=O)[C@@]1(OC(=O)CCC)[C@H](C)C[C@H]2[C@@H]3CCC4=CC(=O)C=C[C@]4(C)[C@@]3(Cl)[C@@H](O)C[C@@]21C. The lowest BCUT2D eigenvalue weighted by atomic mass is 9.45. The number of hydrogen-bond acceptors (Lipinski definition) is 7. The number of ketones is 2. The standard InChI is InChI=1S/C31H43ClO7/c1-6-8-10-26(36)38-18-25(35)31(39-27(37)9-7-2)19(3)15-23-22-12-11-20-16-21(33)13-14-28(20,4)30(22,32)24(34)17-29(23,31)5/h13-14,16,19,22-24,34H,6-12,15,17-18H2,1-5H3/t19-,22+,23+,24+,28+,29+,30+,31+/m1/s1. The molecule has 0 unspecified atom stereocenters. The fourth-order valence-corrected chi connectivity index (χ4v) is 9.00. The van der Waals surface area contributed by atoms with Gasteiger partial charge in [-0.15, -0.1) is 11.6 Å². The van der Waals surface area contributed by atoms with Gasteiger partial charge >= 0.3 is 11.9 Å². The van der Waals surface area contributed by atoms with Gasteiger partial charge < -0.3 is 14.6 Å². The van der Waals surface area contributed by atoms with E-state index >= 15 is 0 Å². The summed E-state index contributed by atoms with van der Waals surface area (Å²) in [5.41, 5.74) is -2.27. The topological polar surface area (TPSA) is 107 Å². The number of halogens is 1. The van der Waals surface area contributed by atoms with Gasteiger partial charge in [0.2, 0.25) is 5.78 Å². The number of carbonyl (C=O) groups excluding carboxylic acids is 4. The predicted molar refractivity (Wildman–Crippen MR) is 147 cm³/mol. The first-order valence-electron chi connectivity index (χ1n) is 14.5. The molecule has 0 amide bonds. The monoisotopic (exact) mass is 562 g/mol. The van der Waals surface area contributed by atoms with Crippen LogP contribution < -0.4 is 0 Å². The van der Waals surface area contributed by atoms with Crippen LogP contribution in [0.3, 0.4) is 0 Å². The van der Waals surface area contributed by atoms with E-state index in [-0.39, 0.29) is 42.8 Å². The molecule has 0 aromatic heterocycles. The number of alkyl halides is 1. The maximum atomic E-state index is 14.1. The summed E-state index contributed by atoms with van der Waals surface area (Å²) in [6, 6.07) is 0. The van der Waals surface area contributed by atoms with Crippen molar-refractivity contribution in [1.82, 2.24) is 0 Å². The van der Waals surface area contributed by atoms with Gasteiger partial charge in [-0.25, -0.2) is 0 Å². The molecule has 4 aliphatic carbocycles. The minimum absolute atomic E-state index is 0.0771. The van der Waals surface area contributed by atoms with Crippen molar-refractivity contribution in [3.63, 3.8) is 0 Å². The molecule has 39 heavy (non-hydrogen) atoms. The van der Waals surface area contributed by atoms with E-state index in [1.54, 1.807) is 6.08 Å². The molecule has 3 fully saturated rings.